The Morgan fingerprint density at radius 2 is 2.26 bits per heavy atom. The maximum Gasteiger partial charge on any atom is 0.0907 e. The van der Waals surface area contributed by atoms with Gasteiger partial charge in [0.2, 0.25) is 0 Å². The largest absolute Gasteiger partial charge is 0.385 e. The van der Waals surface area contributed by atoms with Crippen LogP contribution in [-0.4, -0.2) is 11.5 Å². The van der Waals surface area contributed by atoms with Gasteiger partial charge in [0, 0.05) is 12.2 Å². The third-order valence-corrected chi connectivity index (χ3v) is 5.07. The average Bonchev–Trinajstić information content (AvgIpc) is 2.75. The molecule has 1 aromatic heterocycles. The molecule has 2 aromatic rings. The SMILES string of the molecule is Cc1nc2ccc(NCC3CCCC(C)C3)cc2s1. The quantitative estimate of drug-likeness (QED) is 0.866. The van der Waals surface area contributed by atoms with Crippen molar-refractivity contribution in [1.82, 2.24) is 4.98 Å². The standard InChI is InChI=1S/C16H22N2S/c1-11-4-3-5-13(8-11)10-17-14-6-7-15-16(9-14)19-12(2)18-15/h6-7,9,11,13,17H,3-5,8,10H2,1-2H3. The molecule has 2 unspecified atom stereocenters. The number of anilines is 1. The number of aryl methyl sites for hydroxylation is 1. The lowest BCUT2D eigenvalue weighted by molar-refractivity contribution is 0.293. The fourth-order valence-electron chi connectivity index (χ4n) is 3.16. The third-order valence-electron chi connectivity index (χ3n) is 4.14. The molecule has 0 aliphatic heterocycles. The fraction of sp³-hybridized carbons (Fsp3) is 0.562. The van der Waals surface area contributed by atoms with Crippen molar-refractivity contribution in [2.45, 2.75) is 39.5 Å². The van der Waals surface area contributed by atoms with Gasteiger partial charge >= 0.3 is 0 Å². The van der Waals surface area contributed by atoms with Crippen LogP contribution in [0.25, 0.3) is 10.2 Å². The minimum atomic E-state index is 0.850. The molecule has 0 amide bonds. The lowest BCUT2D eigenvalue weighted by Gasteiger charge is -2.27. The molecule has 2 nitrogen and oxygen atoms in total. The molecule has 1 saturated carbocycles. The van der Waals surface area contributed by atoms with Gasteiger partial charge in [-0.25, -0.2) is 4.98 Å². The second-order valence-electron chi connectivity index (χ2n) is 5.93. The Morgan fingerprint density at radius 1 is 1.37 bits per heavy atom. The van der Waals surface area contributed by atoms with Crippen LogP contribution in [0, 0.1) is 18.8 Å². The van der Waals surface area contributed by atoms with E-state index in [0.717, 1.165) is 28.9 Å². The van der Waals surface area contributed by atoms with Crippen molar-refractivity contribution in [3.63, 3.8) is 0 Å². The van der Waals surface area contributed by atoms with Crippen molar-refractivity contribution in [3.05, 3.63) is 23.2 Å². The van der Waals surface area contributed by atoms with E-state index in [1.54, 1.807) is 11.3 Å². The van der Waals surface area contributed by atoms with Gasteiger partial charge < -0.3 is 5.32 Å². The van der Waals surface area contributed by atoms with Crippen LogP contribution in [0.2, 0.25) is 0 Å². The second-order valence-corrected chi connectivity index (χ2v) is 7.17. The van der Waals surface area contributed by atoms with Gasteiger partial charge in [0.1, 0.15) is 0 Å². The maximum absolute atomic E-state index is 4.50. The number of thiazole rings is 1. The lowest BCUT2D eigenvalue weighted by Crippen LogP contribution is -2.20. The average molecular weight is 274 g/mol. The van der Waals surface area contributed by atoms with Crippen LogP contribution in [-0.2, 0) is 0 Å². The highest BCUT2D eigenvalue weighted by Crippen LogP contribution is 2.29. The lowest BCUT2D eigenvalue weighted by atomic mass is 9.82. The van der Waals surface area contributed by atoms with E-state index < -0.39 is 0 Å². The Kier molecular flexibility index (Phi) is 3.74. The Balaban J connectivity index is 1.64. The number of hydrogen-bond donors (Lipinski definition) is 1. The molecule has 0 spiro atoms. The molecule has 1 aliphatic rings. The van der Waals surface area contributed by atoms with E-state index in [2.05, 4.69) is 42.3 Å². The molecule has 1 aliphatic carbocycles. The van der Waals surface area contributed by atoms with E-state index in [1.165, 1.54) is 36.1 Å². The monoisotopic (exact) mass is 274 g/mol. The van der Waals surface area contributed by atoms with Gasteiger partial charge in [0.15, 0.2) is 0 Å². The zero-order chi connectivity index (χ0) is 13.2. The first-order valence-corrected chi connectivity index (χ1v) is 8.13. The van der Waals surface area contributed by atoms with Gasteiger partial charge in [-0.15, -0.1) is 11.3 Å². The summed E-state index contributed by atoms with van der Waals surface area (Å²) in [7, 11) is 0. The summed E-state index contributed by atoms with van der Waals surface area (Å²) in [6, 6.07) is 6.53. The smallest absolute Gasteiger partial charge is 0.0907 e. The number of aromatic nitrogens is 1. The summed E-state index contributed by atoms with van der Waals surface area (Å²) in [5.41, 5.74) is 2.37. The summed E-state index contributed by atoms with van der Waals surface area (Å²) in [4.78, 5) is 4.50. The maximum atomic E-state index is 4.50. The summed E-state index contributed by atoms with van der Waals surface area (Å²) in [5.74, 6) is 1.76. The van der Waals surface area contributed by atoms with Crippen molar-refractivity contribution in [2.75, 3.05) is 11.9 Å². The van der Waals surface area contributed by atoms with E-state index >= 15 is 0 Å². The van der Waals surface area contributed by atoms with Crippen LogP contribution < -0.4 is 5.32 Å². The third kappa shape index (κ3) is 3.08. The highest BCUT2D eigenvalue weighted by molar-refractivity contribution is 7.18. The number of fused-ring (bicyclic) bond motifs is 1. The Bertz CT molecular complexity index is 561. The predicted molar refractivity (Wildman–Crippen MR) is 84.0 cm³/mol. The topological polar surface area (TPSA) is 24.9 Å². The highest BCUT2D eigenvalue weighted by atomic mass is 32.1. The molecule has 1 N–H and O–H groups in total. The van der Waals surface area contributed by atoms with Gasteiger partial charge in [0.05, 0.1) is 15.2 Å². The molecule has 0 radical (unpaired) electrons. The number of hydrogen-bond acceptors (Lipinski definition) is 3. The second kappa shape index (κ2) is 5.49. The molecule has 1 aromatic carbocycles. The van der Waals surface area contributed by atoms with Gasteiger partial charge in [-0.1, -0.05) is 19.8 Å². The summed E-state index contributed by atoms with van der Waals surface area (Å²) in [6.45, 7) is 5.58. The van der Waals surface area contributed by atoms with Crippen LogP contribution in [0.15, 0.2) is 18.2 Å². The van der Waals surface area contributed by atoms with Crippen molar-refractivity contribution in [3.8, 4) is 0 Å². The van der Waals surface area contributed by atoms with Gasteiger partial charge in [-0.3, -0.25) is 0 Å². The first-order valence-electron chi connectivity index (χ1n) is 7.32. The first-order chi connectivity index (χ1) is 9.20. The molecule has 1 fully saturated rings. The summed E-state index contributed by atoms with van der Waals surface area (Å²) in [5, 5.41) is 4.76. The molecule has 102 valence electrons. The summed E-state index contributed by atoms with van der Waals surface area (Å²) in [6.07, 6.45) is 5.59. The Hall–Kier alpha value is -1.09. The molecular formula is C16H22N2S. The van der Waals surface area contributed by atoms with Crippen LogP contribution >= 0.6 is 11.3 Å². The minimum Gasteiger partial charge on any atom is -0.385 e. The van der Waals surface area contributed by atoms with Gasteiger partial charge in [0.25, 0.3) is 0 Å². The molecular weight excluding hydrogens is 252 g/mol. The summed E-state index contributed by atoms with van der Waals surface area (Å²) >= 11 is 1.78. The number of nitrogens with one attached hydrogen (secondary N) is 1. The van der Waals surface area contributed by atoms with Crippen molar-refractivity contribution >= 4 is 27.2 Å². The molecule has 3 heteroatoms. The van der Waals surface area contributed by atoms with Gasteiger partial charge in [-0.05, 0) is 49.8 Å². The van der Waals surface area contributed by atoms with Crippen molar-refractivity contribution < 1.29 is 0 Å². The van der Waals surface area contributed by atoms with Crippen LogP contribution in [0.4, 0.5) is 5.69 Å². The molecule has 2 atom stereocenters. The van der Waals surface area contributed by atoms with Crippen molar-refractivity contribution in [2.24, 2.45) is 11.8 Å². The zero-order valence-electron chi connectivity index (χ0n) is 11.8. The minimum absolute atomic E-state index is 0.850. The van der Waals surface area contributed by atoms with Crippen LogP contribution in [0.5, 0.6) is 0 Å². The van der Waals surface area contributed by atoms with E-state index in [-0.39, 0.29) is 0 Å². The molecule has 0 bridgehead atoms. The van der Waals surface area contributed by atoms with E-state index in [4.69, 9.17) is 0 Å². The molecule has 19 heavy (non-hydrogen) atoms. The highest BCUT2D eigenvalue weighted by Gasteiger charge is 2.18. The number of benzene rings is 1. The summed E-state index contributed by atoms with van der Waals surface area (Å²) < 4.78 is 1.29. The van der Waals surface area contributed by atoms with E-state index in [0.29, 0.717) is 0 Å². The van der Waals surface area contributed by atoms with Crippen molar-refractivity contribution in [1.29, 1.82) is 0 Å². The molecule has 1 heterocycles. The van der Waals surface area contributed by atoms with Crippen LogP contribution in [0.3, 0.4) is 0 Å². The fourth-order valence-corrected chi connectivity index (χ4v) is 4.02. The normalized spacial score (nSPS) is 23.7. The zero-order valence-corrected chi connectivity index (χ0v) is 12.6. The van der Waals surface area contributed by atoms with Crippen LogP contribution in [0.1, 0.15) is 37.6 Å². The van der Waals surface area contributed by atoms with Gasteiger partial charge in [-0.2, -0.15) is 0 Å². The van der Waals surface area contributed by atoms with E-state index in [1.807, 2.05) is 0 Å². The Labute approximate surface area is 119 Å². The number of nitrogens with zero attached hydrogens (tertiary/aromatic N) is 1. The molecule has 0 saturated heterocycles. The van der Waals surface area contributed by atoms with E-state index in [9.17, 15) is 0 Å². The number of rotatable bonds is 3. The molecule has 3 rings (SSSR count). The predicted octanol–water partition coefficient (Wildman–Crippen LogP) is 4.84. The first kappa shape index (κ1) is 12.9. The Morgan fingerprint density at radius 3 is 3.11 bits per heavy atom.